The zero-order valence-electron chi connectivity index (χ0n) is 17.6. The number of halogens is 2. The van der Waals surface area contributed by atoms with Crippen LogP contribution in [0.5, 0.6) is 11.5 Å². The summed E-state index contributed by atoms with van der Waals surface area (Å²) in [4.78, 5) is 17.3. The number of carbonyl (C=O) groups excluding carboxylic acids is 1. The molecule has 0 unspecified atom stereocenters. The second kappa shape index (κ2) is 9.93. The maximum atomic E-state index is 14.0. The molecule has 1 N–H and O–H groups in total. The molecule has 0 aliphatic carbocycles. The summed E-state index contributed by atoms with van der Waals surface area (Å²) in [6.45, 7) is 1.97. The first-order chi connectivity index (χ1) is 15.9. The number of nitrogens with one attached hydrogen (secondary N) is 1. The highest BCUT2D eigenvalue weighted by Gasteiger charge is 2.19. The normalized spacial score (nSPS) is 10.7. The van der Waals surface area contributed by atoms with Crippen LogP contribution in [0.3, 0.4) is 0 Å². The van der Waals surface area contributed by atoms with Crippen LogP contribution in [0.25, 0.3) is 11.1 Å². The maximum absolute atomic E-state index is 14.0. The van der Waals surface area contributed by atoms with Crippen molar-refractivity contribution in [2.75, 3.05) is 12.4 Å². The second-order valence-corrected chi connectivity index (χ2v) is 8.41. The predicted octanol–water partition coefficient (Wildman–Crippen LogP) is 5.54. The number of nitrogens with zero attached hydrogens (tertiary/aromatic N) is 3. The lowest BCUT2D eigenvalue weighted by Gasteiger charge is -2.13. The number of benzene rings is 2. The number of aromatic nitrogens is 3. The molecule has 7 nitrogen and oxygen atoms in total. The molecule has 0 fully saturated rings. The van der Waals surface area contributed by atoms with Gasteiger partial charge in [0, 0.05) is 28.0 Å². The fourth-order valence-corrected chi connectivity index (χ4v) is 3.83. The van der Waals surface area contributed by atoms with E-state index in [1.807, 2.05) is 0 Å². The van der Waals surface area contributed by atoms with Gasteiger partial charge in [-0.3, -0.25) is 15.1 Å². The molecule has 0 aliphatic rings. The van der Waals surface area contributed by atoms with E-state index in [9.17, 15) is 9.18 Å². The Morgan fingerprint density at radius 3 is 2.67 bits per heavy atom. The number of carbonyl (C=O) groups is 1. The van der Waals surface area contributed by atoms with Gasteiger partial charge in [0.05, 0.1) is 12.7 Å². The van der Waals surface area contributed by atoms with Gasteiger partial charge in [-0.25, -0.2) is 4.39 Å². The molecule has 2 aromatic heterocycles. The van der Waals surface area contributed by atoms with E-state index in [0.29, 0.717) is 43.5 Å². The van der Waals surface area contributed by atoms with Crippen molar-refractivity contribution in [3.63, 3.8) is 0 Å². The smallest absolute Gasteiger partial charge is 0.259 e. The number of amides is 1. The van der Waals surface area contributed by atoms with Gasteiger partial charge in [0.1, 0.15) is 23.9 Å². The monoisotopic (exact) mass is 484 g/mol. The Morgan fingerprint density at radius 1 is 1.12 bits per heavy atom. The molecule has 33 heavy (non-hydrogen) atoms. The number of hydrogen-bond acceptors (Lipinski definition) is 7. The van der Waals surface area contributed by atoms with Crippen LogP contribution in [0.15, 0.2) is 54.7 Å². The zero-order valence-corrected chi connectivity index (χ0v) is 19.2. The van der Waals surface area contributed by atoms with Crippen molar-refractivity contribution in [2.24, 2.45) is 0 Å². The van der Waals surface area contributed by atoms with Crippen molar-refractivity contribution >= 4 is 34.0 Å². The molecule has 0 saturated carbocycles. The first-order valence-corrected chi connectivity index (χ1v) is 10.9. The third-order valence-electron chi connectivity index (χ3n) is 4.60. The number of methoxy groups -OCH3 is 1. The largest absolute Gasteiger partial charge is 0.496 e. The number of hydrogen-bond donors (Lipinski definition) is 1. The highest BCUT2D eigenvalue weighted by Crippen LogP contribution is 2.34. The number of pyridine rings is 1. The quantitative estimate of drug-likeness (QED) is 0.370. The topological polar surface area (TPSA) is 86.2 Å². The molecule has 1 amide bonds. The molecule has 2 aromatic carbocycles. The average molecular weight is 485 g/mol. The number of anilines is 1. The van der Waals surface area contributed by atoms with Gasteiger partial charge in [-0.1, -0.05) is 22.9 Å². The highest BCUT2D eigenvalue weighted by molar-refractivity contribution is 7.15. The van der Waals surface area contributed by atoms with Gasteiger partial charge in [-0.05, 0) is 55.5 Å². The van der Waals surface area contributed by atoms with Gasteiger partial charge in [0.25, 0.3) is 5.91 Å². The van der Waals surface area contributed by atoms with Crippen LogP contribution in [0.1, 0.15) is 21.1 Å². The Labute approximate surface area is 198 Å². The third-order valence-corrected chi connectivity index (χ3v) is 5.66. The molecular weight excluding hydrogens is 467 g/mol. The van der Waals surface area contributed by atoms with E-state index in [4.69, 9.17) is 21.1 Å². The molecule has 4 aromatic rings. The molecule has 0 bridgehead atoms. The summed E-state index contributed by atoms with van der Waals surface area (Å²) >= 11 is 7.05. The van der Waals surface area contributed by atoms with Crippen LogP contribution in [-0.4, -0.2) is 28.2 Å². The summed E-state index contributed by atoms with van der Waals surface area (Å²) in [6.07, 6.45) is 1.44. The minimum Gasteiger partial charge on any atom is -0.496 e. The van der Waals surface area contributed by atoms with Crippen LogP contribution in [0.2, 0.25) is 5.02 Å². The molecule has 0 radical (unpaired) electrons. The molecule has 0 atom stereocenters. The number of ether oxygens (including phenoxy) is 2. The van der Waals surface area contributed by atoms with Crippen molar-refractivity contribution in [3.05, 3.63) is 81.8 Å². The summed E-state index contributed by atoms with van der Waals surface area (Å²) in [5.41, 5.74) is 1.86. The van der Waals surface area contributed by atoms with Gasteiger partial charge in [0.2, 0.25) is 5.13 Å². The van der Waals surface area contributed by atoms with Gasteiger partial charge < -0.3 is 9.47 Å². The summed E-state index contributed by atoms with van der Waals surface area (Å²) in [5.74, 6) is 0.180. The summed E-state index contributed by atoms with van der Waals surface area (Å²) in [7, 11) is 1.49. The van der Waals surface area contributed by atoms with E-state index in [1.165, 1.54) is 42.8 Å². The third kappa shape index (κ3) is 5.44. The van der Waals surface area contributed by atoms with E-state index in [1.54, 1.807) is 37.3 Å². The van der Waals surface area contributed by atoms with Crippen molar-refractivity contribution in [2.45, 2.75) is 13.5 Å². The van der Waals surface area contributed by atoms with E-state index in [-0.39, 0.29) is 12.2 Å². The van der Waals surface area contributed by atoms with Crippen LogP contribution >= 0.6 is 22.9 Å². The van der Waals surface area contributed by atoms with E-state index >= 15 is 0 Å². The summed E-state index contributed by atoms with van der Waals surface area (Å²) < 4.78 is 25.0. The second-order valence-electron chi connectivity index (χ2n) is 6.91. The van der Waals surface area contributed by atoms with Crippen LogP contribution in [-0.2, 0) is 6.61 Å². The van der Waals surface area contributed by atoms with E-state index < -0.39 is 11.7 Å². The lowest BCUT2D eigenvalue weighted by Crippen LogP contribution is -2.14. The highest BCUT2D eigenvalue weighted by atomic mass is 35.5. The van der Waals surface area contributed by atoms with Gasteiger partial charge >= 0.3 is 0 Å². The summed E-state index contributed by atoms with van der Waals surface area (Å²) in [6, 6.07) is 12.8. The lowest BCUT2D eigenvalue weighted by atomic mass is 9.99. The molecule has 0 spiro atoms. The van der Waals surface area contributed by atoms with Crippen molar-refractivity contribution < 1.29 is 18.7 Å². The number of rotatable bonds is 7. The number of aryl methyl sites for hydroxylation is 1. The predicted molar refractivity (Wildman–Crippen MR) is 125 cm³/mol. The lowest BCUT2D eigenvalue weighted by molar-refractivity contribution is 0.102. The van der Waals surface area contributed by atoms with Gasteiger partial charge in [-0.2, -0.15) is 0 Å². The fraction of sp³-hybridized carbons (Fsp3) is 0.130. The van der Waals surface area contributed by atoms with Crippen LogP contribution in [0, 0.1) is 12.7 Å². The van der Waals surface area contributed by atoms with Crippen molar-refractivity contribution in [1.29, 1.82) is 0 Å². The molecule has 0 saturated heterocycles. The van der Waals surface area contributed by atoms with Gasteiger partial charge in [0.15, 0.2) is 5.01 Å². The van der Waals surface area contributed by atoms with Crippen LogP contribution < -0.4 is 14.8 Å². The Balaban J connectivity index is 1.53. The molecule has 2 heterocycles. The first kappa shape index (κ1) is 22.6. The Morgan fingerprint density at radius 2 is 1.91 bits per heavy atom. The SMILES string of the molecule is COc1ccc(F)cc1-c1cc(C)ncc1C(=O)Nc1nnc(COc2ccc(Cl)cc2)s1. The standard InChI is InChI=1S/C23H18ClFN4O3S/c1-13-9-17(18-10-15(25)5-8-20(18)31-2)19(11-26-13)22(30)27-23-29-28-21(33-23)12-32-16-6-3-14(24)4-7-16/h3-11H,12H2,1-2H3,(H,27,29,30). The Bertz CT molecular complexity index is 1300. The Hall–Kier alpha value is -3.56. The Kier molecular flexibility index (Phi) is 6.81. The molecule has 0 aliphatic heterocycles. The average Bonchev–Trinajstić information content (AvgIpc) is 3.25. The maximum Gasteiger partial charge on any atom is 0.259 e. The van der Waals surface area contributed by atoms with Gasteiger partial charge in [-0.15, -0.1) is 10.2 Å². The van der Waals surface area contributed by atoms with Crippen LogP contribution in [0.4, 0.5) is 9.52 Å². The van der Waals surface area contributed by atoms with Crippen molar-refractivity contribution in [3.8, 4) is 22.6 Å². The minimum absolute atomic E-state index is 0.187. The first-order valence-electron chi connectivity index (χ1n) is 9.75. The van der Waals surface area contributed by atoms with E-state index in [0.717, 1.165) is 0 Å². The molecule has 4 rings (SSSR count). The van der Waals surface area contributed by atoms with Crippen molar-refractivity contribution in [1.82, 2.24) is 15.2 Å². The van der Waals surface area contributed by atoms with E-state index in [2.05, 4.69) is 20.5 Å². The fourth-order valence-electron chi connectivity index (χ4n) is 3.06. The zero-order chi connectivity index (χ0) is 23.4. The minimum atomic E-state index is -0.454. The summed E-state index contributed by atoms with van der Waals surface area (Å²) in [5, 5.41) is 12.3. The molecular formula is C23H18ClFN4O3S. The molecule has 10 heteroatoms. The molecule has 168 valence electrons.